The molecule has 4 nitrogen and oxygen atoms in total. The Morgan fingerprint density at radius 3 is 1.89 bits per heavy atom. The predicted octanol–water partition coefficient (Wildman–Crippen LogP) is 5.57. The number of hydrogen-bond donors (Lipinski definition) is 0. The number of methoxy groups -OCH3 is 2. The van der Waals surface area contributed by atoms with Crippen molar-refractivity contribution in [1.82, 2.24) is 4.57 Å². The van der Waals surface area contributed by atoms with Crippen molar-refractivity contribution in [2.75, 3.05) is 14.2 Å². The second-order valence-corrected chi connectivity index (χ2v) is 7.42. The van der Waals surface area contributed by atoms with Crippen molar-refractivity contribution >= 4 is 0 Å². The van der Waals surface area contributed by atoms with Gasteiger partial charge in [0.2, 0.25) is 0 Å². The number of ether oxygens (including phenoxy) is 2. The number of pyridine rings is 1. The van der Waals surface area contributed by atoms with Crippen LogP contribution >= 0.6 is 0 Å². The molecule has 0 atom stereocenters. The molecular weight excluding hydrogens is 338 g/mol. The summed E-state index contributed by atoms with van der Waals surface area (Å²) in [6, 6.07) is 5.98. The van der Waals surface area contributed by atoms with Gasteiger partial charge in [0.15, 0.2) is 0 Å². The number of nitrogens with zero attached hydrogens (tertiary/aromatic N) is 1. The largest absolute Gasteiger partial charge is 0.496 e. The highest BCUT2D eigenvalue weighted by Crippen LogP contribution is 2.42. The lowest BCUT2D eigenvalue weighted by Crippen LogP contribution is -2.21. The Hall–Kier alpha value is -2.23. The van der Waals surface area contributed by atoms with Gasteiger partial charge in [0.25, 0.3) is 5.56 Å². The third-order valence-electron chi connectivity index (χ3n) is 4.32. The van der Waals surface area contributed by atoms with Crippen LogP contribution in [0.2, 0.25) is 0 Å². The summed E-state index contributed by atoms with van der Waals surface area (Å²) in [6.45, 7) is 15.0. The Labute approximate surface area is 164 Å². The number of rotatable bonds is 5. The standard InChI is InChI=1S/C21H29NO3.C2H6/c1-8-9-22-13-16(10-14(2)20(22)23)15-11-17(24-6)19(21(3,4)5)18(12-15)25-7;1-2/h10-13H,8-9H2,1-7H3;1-2H3. The van der Waals surface area contributed by atoms with Crippen LogP contribution in [0, 0.1) is 6.92 Å². The summed E-state index contributed by atoms with van der Waals surface area (Å²) < 4.78 is 13.1. The van der Waals surface area contributed by atoms with Crippen molar-refractivity contribution in [3.63, 3.8) is 0 Å². The summed E-state index contributed by atoms with van der Waals surface area (Å²) in [4.78, 5) is 12.3. The lowest BCUT2D eigenvalue weighted by Gasteiger charge is -2.25. The zero-order valence-electron chi connectivity index (χ0n) is 18.4. The van der Waals surface area contributed by atoms with E-state index in [-0.39, 0.29) is 11.0 Å². The molecule has 0 amide bonds. The molecular formula is C23H35NO3. The van der Waals surface area contributed by atoms with Crippen LogP contribution in [-0.2, 0) is 12.0 Å². The van der Waals surface area contributed by atoms with E-state index >= 15 is 0 Å². The van der Waals surface area contributed by atoms with Gasteiger partial charge in [0, 0.05) is 23.9 Å². The highest BCUT2D eigenvalue weighted by molar-refractivity contribution is 5.70. The van der Waals surface area contributed by atoms with E-state index in [0.717, 1.165) is 40.2 Å². The molecule has 0 saturated heterocycles. The first-order chi connectivity index (χ1) is 12.7. The predicted molar refractivity (Wildman–Crippen MR) is 114 cm³/mol. The van der Waals surface area contributed by atoms with Gasteiger partial charge in [0.1, 0.15) is 11.5 Å². The third kappa shape index (κ3) is 5.15. The van der Waals surface area contributed by atoms with Crippen LogP contribution in [0.1, 0.15) is 59.1 Å². The monoisotopic (exact) mass is 373 g/mol. The van der Waals surface area contributed by atoms with Gasteiger partial charge in [0.05, 0.1) is 14.2 Å². The van der Waals surface area contributed by atoms with Crippen LogP contribution in [0.25, 0.3) is 11.1 Å². The van der Waals surface area contributed by atoms with E-state index in [2.05, 4.69) is 27.7 Å². The fourth-order valence-corrected chi connectivity index (χ4v) is 3.17. The van der Waals surface area contributed by atoms with Crippen LogP contribution in [0.15, 0.2) is 29.2 Å². The molecule has 0 unspecified atom stereocenters. The van der Waals surface area contributed by atoms with E-state index < -0.39 is 0 Å². The Kier molecular flexibility index (Phi) is 8.14. The molecule has 0 radical (unpaired) electrons. The number of aryl methyl sites for hydroxylation is 2. The van der Waals surface area contributed by atoms with Gasteiger partial charge < -0.3 is 14.0 Å². The highest BCUT2D eigenvalue weighted by atomic mass is 16.5. The van der Waals surface area contributed by atoms with Crippen molar-refractivity contribution in [3.05, 3.63) is 45.9 Å². The molecule has 150 valence electrons. The maximum Gasteiger partial charge on any atom is 0.253 e. The molecule has 0 bridgehead atoms. The summed E-state index contributed by atoms with van der Waals surface area (Å²) in [5.74, 6) is 1.60. The number of hydrogen-bond acceptors (Lipinski definition) is 3. The van der Waals surface area contributed by atoms with Crippen molar-refractivity contribution in [2.45, 2.75) is 66.8 Å². The molecule has 1 aromatic heterocycles. The quantitative estimate of drug-likeness (QED) is 0.687. The second-order valence-electron chi connectivity index (χ2n) is 7.42. The molecule has 0 spiro atoms. The third-order valence-corrected chi connectivity index (χ3v) is 4.32. The van der Waals surface area contributed by atoms with Crippen LogP contribution in [0.5, 0.6) is 11.5 Å². The molecule has 1 aromatic carbocycles. The van der Waals surface area contributed by atoms with E-state index in [9.17, 15) is 4.79 Å². The van der Waals surface area contributed by atoms with Crippen molar-refractivity contribution < 1.29 is 9.47 Å². The second kappa shape index (κ2) is 9.63. The summed E-state index contributed by atoms with van der Waals surface area (Å²) in [7, 11) is 3.36. The normalized spacial score (nSPS) is 10.9. The molecule has 2 aromatic rings. The Morgan fingerprint density at radius 1 is 0.963 bits per heavy atom. The Morgan fingerprint density at radius 2 is 1.48 bits per heavy atom. The lowest BCUT2D eigenvalue weighted by atomic mass is 9.84. The fraction of sp³-hybridized carbons (Fsp3) is 0.522. The molecule has 1 heterocycles. The van der Waals surface area contributed by atoms with E-state index in [1.165, 1.54) is 0 Å². The van der Waals surface area contributed by atoms with E-state index in [1.54, 1.807) is 18.8 Å². The average molecular weight is 374 g/mol. The van der Waals surface area contributed by atoms with Gasteiger partial charge in [-0.25, -0.2) is 0 Å². The Bertz CT molecular complexity index is 788. The van der Waals surface area contributed by atoms with Crippen molar-refractivity contribution in [3.8, 4) is 22.6 Å². The van der Waals surface area contributed by atoms with Gasteiger partial charge >= 0.3 is 0 Å². The maximum absolute atomic E-state index is 12.3. The van der Waals surface area contributed by atoms with Gasteiger partial charge in [-0.05, 0) is 48.1 Å². The molecule has 0 fully saturated rings. The SMILES string of the molecule is CC.CCCn1cc(-c2cc(OC)c(C(C)(C)C)c(OC)c2)cc(C)c1=O. The fourth-order valence-electron chi connectivity index (χ4n) is 3.17. The highest BCUT2D eigenvalue weighted by Gasteiger charge is 2.25. The molecule has 2 rings (SSSR count). The minimum Gasteiger partial charge on any atom is -0.496 e. The molecule has 0 N–H and O–H groups in total. The summed E-state index contributed by atoms with van der Waals surface area (Å²) >= 11 is 0. The first-order valence-electron chi connectivity index (χ1n) is 9.70. The summed E-state index contributed by atoms with van der Waals surface area (Å²) in [5, 5.41) is 0. The molecule has 4 heteroatoms. The molecule has 0 aliphatic rings. The average Bonchev–Trinajstić information content (AvgIpc) is 2.65. The zero-order chi connectivity index (χ0) is 20.8. The molecule has 0 aliphatic carbocycles. The van der Waals surface area contributed by atoms with Crippen molar-refractivity contribution in [1.29, 1.82) is 0 Å². The van der Waals surface area contributed by atoms with Crippen LogP contribution in [0.3, 0.4) is 0 Å². The molecule has 27 heavy (non-hydrogen) atoms. The minimum absolute atomic E-state index is 0.0656. The van der Waals surface area contributed by atoms with Gasteiger partial charge in [-0.15, -0.1) is 0 Å². The van der Waals surface area contributed by atoms with E-state index in [0.29, 0.717) is 6.54 Å². The van der Waals surface area contributed by atoms with Crippen LogP contribution < -0.4 is 15.0 Å². The van der Waals surface area contributed by atoms with Crippen LogP contribution in [-0.4, -0.2) is 18.8 Å². The van der Waals surface area contributed by atoms with Crippen molar-refractivity contribution in [2.24, 2.45) is 0 Å². The topological polar surface area (TPSA) is 40.5 Å². The maximum atomic E-state index is 12.3. The zero-order valence-corrected chi connectivity index (χ0v) is 18.4. The minimum atomic E-state index is -0.105. The summed E-state index contributed by atoms with van der Waals surface area (Å²) in [6.07, 6.45) is 2.84. The van der Waals surface area contributed by atoms with Gasteiger partial charge in [-0.1, -0.05) is 41.5 Å². The van der Waals surface area contributed by atoms with Gasteiger partial charge in [-0.2, -0.15) is 0 Å². The van der Waals surface area contributed by atoms with E-state index in [4.69, 9.17) is 9.47 Å². The number of aromatic nitrogens is 1. The summed E-state index contributed by atoms with van der Waals surface area (Å²) in [5.41, 5.74) is 3.71. The molecule has 0 aliphatic heterocycles. The van der Waals surface area contributed by atoms with E-state index in [1.807, 2.05) is 45.2 Å². The van der Waals surface area contributed by atoms with Gasteiger partial charge in [-0.3, -0.25) is 4.79 Å². The molecule has 0 saturated carbocycles. The smallest absolute Gasteiger partial charge is 0.253 e. The first kappa shape index (κ1) is 22.8. The number of benzene rings is 1. The lowest BCUT2D eigenvalue weighted by molar-refractivity contribution is 0.368. The Balaban J connectivity index is 0.00000176. The first-order valence-corrected chi connectivity index (χ1v) is 9.70. The van der Waals surface area contributed by atoms with Crippen LogP contribution in [0.4, 0.5) is 0 Å².